The number of methoxy groups -OCH3 is 1. The van der Waals surface area contributed by atoms with E-state index in [9.17, 15) is 4.79 Å². The lowest BCUT2D eigenvalue weighted by Gasteiger charge is -2.00. The van der Waals surface area contributed by atoms with E-state index in [1.165, 1.54) is 18.4 Å². The Morgan fingerprint density at radius 1 is 1.62 bits per heavy atom. The van der Waals surface area contributed by atoms with Crippen LogP contribution in [0.5, 0.6) is 0 Å². The van der Waals surface area contributed by atoms with E-state index in [1.807, 2.05) is 10.8 Å². The van der Waals surface area contributed by atoms with E-state index >= 15 is 0 Å². The number of rotatable bonds is 4. The van der Waals surface area contributed by atoms with E-state index in [1.54, 1.807) is 0 Å². The van der Waals surface area contributed by atoms with Gasteiger partial charge in [0, 0.05) is 5.38 Å². The minimum absolute atomic E-state index is 0.256. The summed E-state index contributed by atoms with van der Waals surface area (Å²) in [6, 6.07) is 0. The van der Waals surface area contributed by atoms with Gasteiger partial charge >= 0.3 is 5.97 Å². The Morgan fingerprint density at radius 3 is 3.00 bits per heavy atom. The SMILES string of the molecule is COC(=O)c1cscc1CCCN. The van der Waals surface area contributed by atoms with Gasteiger partial charge < -0.3 is 10.5 Å². The zero-order valence-corrected chi connectivity index (χ0v) is 8.39. The fourth-order valence-electron chi connectivity index (χ4n) is 1.10. The van der Waals surface area contributed by atoms with E-state index in [2.05, 4.69) is 4.74 Å². The Balaban J connectivity index is 2.71. The van der Waals surface area contributed by atoms with E-state index in [4.69, 9.17) is 5.73 Å². The van der Waals surface area contributed by atoms with Gasteiger partial charge in [-0.25, -0.2) is 4.79 Å². The van der Waals surface area contributed by atoms with E-state index in [0.717, 1.165) is 18.4 Å². The van der Waals surface area contributed by atoms with E-state index in [0.29, 0.717) is 12.1 Å². The number of hydrogen-bond acceptors (Lipinski definition) is 4. The molecule has 0 bridgehead atoms. The molecule has 0 atom stereocenters. The van der Waals surface area contributed by atoms with Crippen molar-refractivity contribution in [3.63, 3.8) is 0 Å². The zero-order chi connectivity index (χ0) is 9.68. The van der Waals surface area contributed by atoms with Crippen molar-refractivity contribution in [1.82, 2.24) is 0 Å². The molecule has 3 nitrogen and oxygen atoms in total. The first kappa shape index (κ1) is 10.2. The van der Waals surface area contributed by atoms with Crippen molar-refractivity contribution in [2.45, 2.75) is 12.8 Å². The molecule has 1 heterocycles. The smallest absolute Gasteiger partial charge is 0.338 e. The summed E-state index contributed by atoms with van der Waals surface area (Å²) < 4.78 is 4.65. The van der Waals surface area contributed by atoms with Crippen LogP contribution in [0.1, 0.15) is 22.3 Å². The van der Waals surface area contributed by atoms with E-state index < -0.39 is 0 Å². The quantitative estimate of drug-likeness (QED) is 0.746. The lowest BCUT2D eigenvalue weighted by Crippen LogP contribution is -2.05. The van der Waals surface area contributed by atoms with Crippen LogP contribution < -0.4 is 5.73 Å². The second-order valence-electron chi connectivity index (χ2n) is 2.69. The lowest BCUT2D eigenvalue weighted by molar-refractivity contribution is 0.0600. The van der Waals surface area contributed by atoms with Crippen LogP contribution in [0.3, 0.4) is 0 Å². The van der Waals surface area contributed by atoms with Crippen LogP contribution in [0.2, 0.25) is 0 Å². The minimum atomic E-state index is -0.256. The Hall–Kier alpha value is -0.870. The third kappa shape index (κ3) is 2.54. The van der Waals surface area contributed by atoms with Crippen molar-refractivity contribution in [3.8, 4) is 0 Å². The summed E-state index contributed by atoms with van der Waals surface area (Å²) in [5, 5.41) is 3.79. The highest BCUT2D eigenvalue weighted by Crippen LogP contribution is 2.17. The number of nitrogens with two attached hydrogens (primary N) is 1. The molecule has 0 aromatic carbocycles. The lowest BCUT2D eigenvalue weighted by atomic mass is 10.1. The summed E-state index contributed by atoms with van der Waals surface area (Å²) >= 11 is 1.52. The van der Waals surface area contributed by atoms with Crippen LogP contribution in [0.25, 0.3) is 0 Å². The minimum Gasteiger partial charge on any atom is -0.465 e. The third-order valence-corrected chi connectivity index (χ3v) is 2.59. The van der Waals surface area contributed by atoms with Crippen molar-refractivity contribution in [3.05, 3.63) is 21.9 Å². The van der Waals surface area contributed by atoms with Gasteiger partial charge in [-0.1, -0.05) is 0 Å². The first-order valence-corrected chi connectivity index (χ1v) is 5.07. The Bertz CT molecular complexity index is 283. The molecular formula is C9H13NO2S. The highest BCUT2D eigenvalue weighted by atomic mass is 32.1. The van der Waals surface area contributed by atoms with Gasteiger partial charge in [0.2, 0.25) is 0 Å². The number of thiophene rings is 1. The fourth-order valence-corrected chi connectivity index (χ4v) is 1.96. The number of hydrogen-bond donors (Lipinski definition) is 1. The summed E-state index contributed by atoms with van der Waals surface area (Å²) in [5.41, 5.74) is 7.12. The highest BCUT2D eigenvalue weighted by molar-refractivity contribution is 7.08. The maximum atomic E-state index is 11.2. The van der Waals surface area contributed by atoms with Gasteiger partial charge in [0.05, 0.1) is 12.7 Å². The molecule has 2 N–H and O–H groups in total. The van der Waals surface area contributed by atoms with Gasteiger partial charge in [0.15, 0.2) is 0 Å². The van der Waals surface area contributed by atoms with Crippen molar-refractivity contribution < 1.29 is 9.53 Å². The van der Waals surface area contributed by atoms with Crippen molar-refractivity contribution >= 4 is 17.3 Å². The molecule has 1 aromatic rings. The molecule has 0 aliphatic heterocycles. The molecule has 0 fully saturated rings. The molecular weight excluding hydrogens is 186 g/mol. The second-order valence-corrected chi connectivity index (χ2v) is 3.44. The van der Waals surface area contributed by atoms with Crippen LogP contribution in [0, 0.1) is 0 Å². The number of ether oxygens (including phenoxy) is 1. The molecule has 0 amide bonds. The van der Waals surface area contributed by atoms with Crippen molar-refractivity contribution in [2.75, 3.05) is 13.7 Å². The maximum Gasteiger partial charge on any atom is 0.338 e. The predicted molar refractivity (Wildman–Crippen MR) is 53.0 cm³/mol. The number of carbonyl (C=O) groups is 1. The molecule has 0 radical (unpaired) electrons. The van der Waals surface area contributed by atoms with Gasteiger partial charge in [-0.2, -0.15) is 11.3 Å². The van der Waals surface area contributed by atoms with Gasteiger partial charge in [-0.05, 0) is 30.3 Å². The number of esters is 1. The van der Waals surface area contributed by atoms with E-state index in [-0.39, 0.29) is 5.97 Å². The normalized spacial score (nSPS) is 10.0. The molecule has 0 saturated heterocycles. The Kier molecular flexibility index (Phi) is 3.92. The number of aryl methyl sites for hydroxylation is 1. The summed E-state index contributed by atoms with van der Waals surface area (Å²) in [6.45, 7) is 0.649. The van der Waals surface area contributed by atoms with Crippen LogP contribution in [-0.4, -0.2) is 19.6 Å². The predicted octanol–water partition coefficient (Wildman–Crippen LogP) is 1.43. The zero-order valence-electron chi connectivity index (χ0n) is 7.58. The van der Waals surface area contributed by atoms with Gasteiger partial charge in [0.1, 0.15) is 0 Å². The van der Waals surface area contributed by atoms with Gasteiger partial charge in [-0.3, -0.25) is 0 Å². The maximum absolute atomic E-state index is 11.2. The fraction of sp³-hybridized carbons (Fsp3) is 0.444. The average molecular weight is 199 g/mol. The molecule has 4 heteroatoms. The standard InChI is InChI=1S/C9H13NO2S/c1-12-9(11)8-6-13-5-7(8)3-2-4-10/h5-6H,2-4,10H2,1H3. The molecule has 0 aliphatic carbocycles. The summed E-state index contributed by atoms with van der Waals surface area (Å²) in [7, 11) is 1.40. The largest absolute Gasteiger partial charge is 0.465 e. The molecule has 0 saturated carbocycles. The Morgan fingerprint density at radius 2 is 2.38 bits per heavy atom. The first-order valence-electron chi connectivity index (χ1n) is 4.13. The molecule has 72 valence electrons. The monoisotopic (exact) mass is 199 g/mol. The Labute approximate surface area is 81.5 Å². The average Bonchev–Trinajstić information content (AvgIpc) is 2.61. The molecule has 1 aromatic heterocycles. The molecule has 0 aliphatic rings. The first-order chi connectivity index (χ1) is 6.29. The molecule has 0 spiro atoms. The second kappa shape index (κ2) is 4.99. The van der Waals surface area contributed by atoms with Crippen LogP contribution in [0.4, 0.5) is 0 Å². The highest BCUT2D eigenvalue weighted by Gasteiger charge is 2.11. The van der Waals surface area contributed by atoms with Crippen LogP contribution in [-0.2, 0) is 11.2 Å². The van der Waals surface area contributed by atoms with Gasteiger partial charge in [-0.15, -0.1) is 0 Å². The van der Waals surface area contributed by atoms with Crippen LogP contribution in [0.15, 0.2) is 10.8 Å². The number of carbonyl (C=O) groups excluding carboxylic acids is 1. The van der Waals surface area contributed by atoms with Gasteiger partial charge in [0.25, 0.3) is 0 Å². The topological polar surface area (TPSA) is 52.3 Å². The van der Waals surface area contributed by atoms with Crippen molar-refractivity contribution in [2.24, 2.45) is 5.73 Å². The summed E-state index contributed by atoms with van der Waals surface area (Å²) in [5.74, 6) is -0.256. The van der Waals surface area contributed by atoms with Crippen LogP contribution >= 0.6 is 11.3 Å². The summed E-state index contributed by atoms with van der Waals surface area (Å²) in [6.07, 6.45) is 1.76. The molecule has 13 heavy (non-hydrogen) atoms. The summed E-state index contributed by atoms with van der Waals surface area (Å²) in [4.78, 5) is 11.2. The molecule has 0 unspecified atom stereocenters. The third-order valence-electron chi connectivity index (χ3n) is 1.80. The van der Waals surface area contributed by atoms with Crippen molar-refractivity contribution in [1.29, 1.82) is 0 Å². The molecule has 1 rings (SSSR count).